The highest BCUT2D eigenvalue weighted by atomic mass is 19.4. The summed E-state index contributed by atoms with van der Waals surface area (Å²) in [4.78, 5) is 10.6. The van der Waals surface area contributed by atoms with Crippen LogP contribution in [0.15, 0.2) is 11.9 Å². The van der Waals surface area contributed by atoms with Gasteiger partial charge in [-0.15, -0.1) is 0 Å². The third-order valence-corrected chi connectivity index (χ3v) is 1.70. The van der Waals surface area contributed by atoms with Crippen molar-refractivity contribution >= 4 is 5.97 Å². The normalized spacial score (nSPS) is 13.6. The van der Waals surface area contributed by atoms with Crippen LogP contribution in [0.4, 0.5) is 35.1 Å². The van der Waals surface area contributed by atoms with Crippen LogP contribution >= 0.6 is 0 Å². The zero-order valence-electron chi connectivity index (χ0n) is 9.62. The topological polar surface area (TPSA) is 26.3 Å². The second kappa shape index (κ2) is 6.11. The minimum Gasteiger partial charge on any atom is -0.456 e. The predicted octanol–water partition coefficient (Wildman–Crippen LogP) is 3.24. The maximum absolute atomic E-state index is 12.7. The lowest BCUT2D eigenvalue weighted by molar-refractivity contribution is -0.347. The molecule has 0 atom stereocenters. The Balaban J connectivity index is 5.27. The van der Waals surface area contributed by atoms with Crippen LogP contribution < -0.4 is 0 Å². The molecule has 0 aromatic rings. The van der Waals surface area contributed by atoms with E-state index in [2.05, 4.69) is 4.74 Å². The molecule has 10 heteroatoms. The molecule has 2 nitrogen and oxygen atoms in total. The van der Waals surface area contributed by atoms with Gasteiger partial charge in [0.1, 0.15) is 0 Å². The molecule has 0 aromatic heterocycles. The second-order valence-electron chi connectivity index (χ2n) is 3.13. The van der Waals surface area contributed by atoms with Gasteiger partial charge in [0.05, 0.1) is 6.61 Å². The SMILES string of the molecule is CCOC(=O)C#C/C=C(\F)C(F)(F)C(F)(F)C(F)(F)F. The van der Waals surface area contributed by atoms with E-state index in [1.54, 1.807) is 0 Å². The van der Waals surface area contributed by atoms with Crippen molar-refractivity contribution in [3.8, 4) is 11.8 Å². The Kier molecular flexibility index (Phi) is 5.56. The van der Waals surface area contributed by atoms with E-state index in [9.17, 15) is 39.9 Å². The first-order chi connectivity index (χ1) is 8.88. The molecule has 0 N–H and O–H groups in total. The number of hydrogen-bond acceptors (Lipinski definition) is 2. The van der Waals surface area contributed by atoms with Crippen LogP contribution in [0.1, 0.15) is 6.92 Å². The van der Waals surface area contributed by atoms with Crippen molar-refractivity contribution in [2.24, 2.45) is 0 Å². The highest BCUT2D eigenvalue weighted by Gasteiger charge is 2.74. The summed E-state index contributed by atoms with van der Waals surface area (Å²) in [7, 11) is 0. The van der Waals surface area contributed by atoms with Crippen molar-refractivity contribution in [2.75, 3.05) is 6.61 Å². The first-order valence-corrected chi connectivity index (χ1v) is 4.74. The van der Waals surface area contributed by atoms with E-state index in [0.29, 0.717) is 0 Å². The molecular formula is C10H6F8O2. The fourth-order valence-electron chi connectivity index (χ4n) is 0.744. The van der Waals surface area contributed by atoms with Crippen molar-refractivity contribution in [1.82, 2.24) is 0 Å². The third-order valence-electron chi connectivity index (χ3n) is 1.70. The van der Waals surface area contributed by atoms with E-state index in [-0.39, 0.29) is 6.61 Å². The lowest BCUT2D eigenvalue weighted by Crippen LogP contribution is -2.52. The van der Waals surface area contributed by atoms with Crippen molar-refractivity contribution in [2.45, 2.75) is 24.9 Å². The molecule has 0 radical (unpaired) electrons. The van der Waals surface area contributed by atoms with Gasteiger partial charge in [0, 0.05) is 12.0 Å². The minimum absolute atomic E-state index is 0.151. The molecule has 0 bridgehead atoms. The number of hydrogen-bond donors (Lipinski definition) is 0. The lowest BCUT2D eigenvalue weighted by atomic mass is 10.1. The molecule has 0 aromatic carbocycles. The molecule has 0 rings (SSSR count). The fraction of sp³-hybridized carbons (Fsp3) is 0.500. The summed E-state index contributed by atoms with van der Waals surface area (Å²) in [5.41, 5.74) is 0. The zero-order valence-corrected chi connectivity index (χ0v) is 9.62. The smallest absolute Gasteiger partial charge is 0.456 e. The van der Waals surface area contributed by atoms with E-state index < -0.39 is 35.9 Å². The van der Waals surface area contributed by atoms with Crippen LogP contribution in [0.5, 0.6) is 0 Å². The third kappa shape index (κ3) is 3.85. The maximum atomic E-state index is 12.7. The molecule has 0 aliphatic rings. The van der Waals surface area contributed by atoms with Crippen LogP contribution in [0.25, 0.3) is 0 Å². The summed E-state index contributed by atoms with van der Waals surface area (Å²) in [6.45, 7) is 1.20. The molecule has 114 valence electrons. The minimum atomic E-state index is -6.66. The number of alkyl halides is 7. The first kappa shape index (κ1) is 18.2. The van der Waals surface area contributed by atoms with E-state index in [1.807, 2.05) is 0 Å². The number of halogens is 8. The maximum Gasteiger partial charge on any atom is 0.460 e. The van der Waals surface area contributed by atoms with Crippen LogP contribution in [-0.4, -0.2) is 30.6 Å². The molecule has 0 saturated heterocycles. The largest absolute Gasteiger partial charge is 0.460 e. The summed E-state index contributed by atoms with van der Waals surface area (Å²) in [5.74, 6) is -14.5. The number of carbonyl (C=O) groups is 1. The number of allylic oxidation sites excluding steroid dienone is 2. The van der Waals surface area contributed by atoms with Gasteiger partial charge in [0.25, 0.3) is 0 Å². The molecule has 20 heavy (non-hydrogen) atoms. The molecule has 0 aliphatic carbocycles. The number of esters is 1. The number of carbonyl (C=O) groups excluding carboxylic acids is 1. The summed E-state index contributed by atoms with van der Waals surface area (Å²) >= 11 is 0. The first-order valence-electron chi connectivity index (χ1n) is 4.74. The molecule has 0 fully saturated rings. The van der Waals surface area contributed by atoms with Gasteiger partial charge in [-0.2, -0.15) is 30.7 Å². The van der Waals surface area contributed by atoms with Crippen LogP contribution in [-0.2, 0) is 9.53 Å². The summed E-state index contributed by atoms with van der Waals surface area (Å²) in [5, 5.41) is 0. The van der Waals surface area contributed by atoms with Crippen LogP contribution in [0.2, 0.25) is 0 Å². The van der Waals surface area contributed by atoms with E-state index in [0.717, 1.165) is 0 Å². The van der Waals surface area contributed by atoms with E-state index >= 15 is 0 Å². The number of rotatable bonds is 3. The highest BCUT2D eigenvalue weighted by Crippen LogP contribution is 2.49. The van der Waals surface area contributed by atoms with Crippen molar-refractivity contribution in [3.63, 3.8) is 0 Å². The van der Waals surface area contributed by atoms with Gasteiger partial charge in [0.2, 0.25) is 0 Å². The number of ether oxygens (including phenoxy) is 1. The van der Waals surface area contributed by atoms with Gasteiger partial charge in [-0.05, 0) is 6.92 Å². The summed E-state index contributed by atoms with van der Waals surface area (Å²) in [6, 6.07) is 0. The summed E-state index contributed by atoms with van der Waals surface area (Å²) < 4.78 is 102. The molecule has 0 heterocycles. The standard InChI is InChI=1S/C10H6F8O2/c1-2-20-7(19)5-3-4-6(11)8(12,13)9(14,15)10(16,17)18/h4H,2H2,1H3/b6-4-. The van der Waals surface area contributed by atoms with Gasteiger partial charge in [-0.3, -0.25) is 0 Å². The van der Waals surface area contributed by atoms with E-state index in [1.165, 1.54) is 18.8 Å². The highest BCUT2D eigenvalue weighted by molar-refractivity contribution is 5.88. The molecular weight excluding hydrogens is 304 g/mol. The molecule has 0 amide bonds. The Hall–Kier alpha value is -1.79. The van der Waals surface area contributed by atoms with Gasteiger partial charge in [-0.1, -0.05) is 5.92 Å². The Morgan fingerprint density at radius 2 is 1.65 bits per heavy atom. The molecule has 0 unspecified atom stereocenters. The molecule has 0 aliphatic heterocycles. The Bertz CT molecular complexity index is 452. The van der Waals surface area contributed by atoms with Crippen LogP contribution in [0.3, 0.4) is 0 Å². The Morgan fingerprint density at radius 1 is 1.15 bits per heavy atom. The van der Waals surface area contributed by atoms with Gasteiger partial charge in [-0.25, -0.2) is 9.18 Å². The van der Waals surface area contributed by atoms with Crippen molar-refractivity contribution < 1.29 is 44.7 Å². The molecule has 0 spiro atoms. The van der Waals surface area contributed by atoms with Crippen molar-refractivity contribution in [3.05, 3.63) is 11.9 Å². The monoisotopic (exact) mass is 310 g/mol. The molecule has 0 saturated carbocycles. The van der Waals surface area contributed by atoms with Crippen LogP contribution in [0, 0.1) is 11.8 Å². The van der Waals surface area contributed by atoms with Crippen molar-refractivity contribution in [1.29, 1.82) is 0 Å². The average Bonchev–Trinajstić information content (AvgIpc) is 2.27. The average molecular weight is 310 g/mol. The predicted molar refractivity (Wildman–Crippen MR) is 49.5 cm³/mol. The fourth-order valence-corrected chi connectivity index (χ4v) is 0.744. The summed E-state index contributed by atoms with van der Waals surface area (Å²) in [6.07, 6.45) is -7.22. The van der Waals surface area contributed by atoms with Gasteiger partial charge >= 0.3 is 24.0 Å². The Labute approximate surface area is 107 Å². The van der Waals surface area contributed by atoms with Gasteiger partial charge in [0.15, 0.2) is 5.83 Å². The lowest BCUT2D eigenvalue weighted by Gasteiger charge is -2.26. The second-order valence-corrected chi connectivity index (χ2v) is 3.13. The quantitative estimate of drug-likeness (QED) is 0.346. The van der Waals surface area contributed by atoms with E-state index in [4.69, 9.17) is 0 Å². The Morgan fingerprint density at radius 3 is 2.05 bits per heavy atom. The van der Waals surface area contributed by atoms with Gasteiger partial charge < -0.3 is 4.74 Å². The zero-order chi connectivity index (χ0) is 16.2.